The number of nitrogens with one attached hydrogen (secondary N) is 1. The van der Waals surface area contributed by atoms with E-state index in [-0.39, 0.29) is 12.1 Å². The molecule has 6 heteroatoms. The fourth-order valence-electron chi connectivity index (χ4n) is 3.27. The fourth-order valence-corrected chi connectivity index (χ4v) is 3.27. The maximum Gasteiger partial charge on any atom is 0.414 e. The Hall–Kier alpha value is -2.24. The molecule has 1 atom stereocenters. The highest BCUT2D eigenvalue weighted by atomic mass is 16.6. The van der Waals surface area contributed by atoms with Crippen molar-refractivity contribution in [1.29, 1.82) is 0 Å². The summed E-state index contributed by atoms with van der Waals surface area (Å²) in [6.45, 7) is 6.68. The molecule has 0 bridgehead atoms. The minimum Gasteiger partial charge on any atom is -0.447 e. The first-order valence-electron chi connectivity index (χ1n) is 8.65. The Morgan fingerprint density at radius 2 is 2.12 bits per heavy atom. The lowest BCUT2D eigenvalue weighted by Crippen LogP contribution is -2.37. The second-order valence-corrected chi connectivity index (χ2v) is 6.74. The van der Waals surface area contributed by atoms with Crippen molar-refractivity contribution in [3.8, 4) is 0 Å². The SMILES string of the molecule is Cc1ccc(N2CCOC2=O)cc1NC(=O)N1CCCCC(C)C1. The third kappa shape index (κ3) is 3.63. The van der Waals surface area contributed by atoms with Gasteiger partial charge in [0.2, 0.25) is 0 Å². The molecule has 0 radical (unpaired) electrons. The van der Waals surface area contributed by atoms with Crippen LogP contribution in [-0.2, 0) is 4.74 Å². The molecule has 1 N–H and O–H groups in total. The summed E-state index contributed by atoms with van der Waals surface area (Å²) in [5, 5.41) is 3.02. The van der Waals surface area contributed by atoms with E-state index in [9.17, 15) is 9.59 Å². The van der Waals surface area contributed by atoms with Crippen LogP contribution in [0.5, 0.6) is 0 Å². The number of aryl methyl sites for hydroxylation is 1. The van der Waals surface area contributed by atoms with Crippen molar-refractivity contribution < 1.29 is 14.3 Å². The van der Waals surface area contributed by atoms with Crippen LogP contribution in [0.15, 0.2) is 18.2 Å². The second kappa shape index (κ2) is 7.11. The van der Waals surface area contributed by atoms with Crippen molar-refractivity contribution in [2.45, 2.75) is 33.1 Å². The zero-order valence-electron chi connectivity index (χ0n) is 14.4. The van der Waals surface area contributed by atoms with Gasteiger partial charge in [-0.3, -0.25) is 4.90 Å². The molecule has 2 aliphatic rings. The molecule has 1 aromatic carbocycles. The Bertz CT molecular complexity index is 632. The number of benzene rings is 1. The average molecular weight is 331 g/mol. The molecule has 3 rings (SSSR count). The highest BCUT2D eigenvalue weighted by Gasteiger charge is 2.25. The van der Waals surface area contributed by atoms with Crippen LogP contribution in [0.4, 0.5) is 21.0 Å². The molecule has 0 saturated carbocycles. The van der Waals surface area contributed by atoms with Gasteiger partial charge in [0.25, 0.3) is 0 Å². The smallest absolute Gasteiger partial charge is 0.414 e. The van der Waals surface area contributed by atoms with Crippen molar-refractivity contribution in [3.63, 3.8) is 0 Å². The summed E-state index contributed by atoms with van der Waals surface area (Å²) in [6.07, 6.45) is 3.07. The van der Waals surface area contributed by atoms with Crippen molar-refractivity contribution >= 4 is 23.5 Å². The number of anilines is 2. The number of hydrogen-bond acceptors (Lipinski definition) is 3. The van der Waals surface area contributed by atoms with Crippen LogP contribution in [0.25, 0.3) is 0 Å². The van der Waals surface area contributed by atoms with Crippen LogP contribution in [0.1, 0.15) is 31.7 Å². The molecule has 24 heavy (non-hydrogen) atoms. The Labute approximate surface area is 142 Å². The van der Waals surface area contributed by atoms with Crippen molar-refractivity contribution in [1.82, 2.24) is 4.90 Å². The second-order valence-electron chi connectivity index (χ2n) is 6.74. The highest BCUT2D eigenvalue weighted by molar-refractivity contribution is 5.93. The molecule has 0 spiro atoms. The first-order chi connectivity index (χ1) is 11.5. The van der Waals surface area contributed by atoms with Crippen molar-refractivity contribution in [2.24, 2.45) is 5.92 Å². The monoisotopic (exact) mass is 331 g/mol. The van der Waals surface area contributed by atoms with E-state index in [0.717, 1.165) is 36.4 Å². The average Bonchev–Trinajstić information content (AvgIpc) is 2.85. The minimum atomic E-state index is -0.336. The number of hydrogen-bond donors (Lipinski definition) is 1. The van der Waals surface area contributed by atoms with Crippen LogP contribution in [0.3, 0.4) is 0 Å². The number of cyclic esters (lactones) is 1. The minimum absolute atomic E-state index is 0.0620. The summed E-state index contributed by atoms with van der Waals surface area (Å²) in [6, 6.07) is 5.59. The topological polar surface area (TPSA) is 61.9 Å². The highest BCUT2D eigenvalue weighted by Crippen LogP contribution is 2.26. The summed E-state index contributed by atoms with van der Waals surface area (Å²) in [5.74, 6) is 0.532. The maximum atomic E-state index is 12.6. The Balaban J connectivity index is 1.74. The lowest BCUT2D eigenvalue weighted by molar-refractivity contribution is 0.181. The largest absolute Gasteiger partial charge is 0.447 e. The molecular formula is C18H25N3O3. The number of carbonyl (C=O) groups is 2. The van der Waals surface area contributed by atoms with Gasteiger partial charge in [-0.25, -0.2) is 9.59 Å². The number of likely N-dealkylation sites (tertiary alicyclic amines) is 1. The van der Waals surface area contributed by atoms with Gasteiger partial charge in [0, 0.05) is 24.5 Å². The van der Waals surface area contributed by atoms with Crippen LogP contribution in [0, 0.1) is 12.8 Å². The van der Waals surface area contributed by atoms with Gasteiger partial charge in [0.15, 0.2) is 0 Å². The summed E-state index contributed by atoms with van der Waals surface area (Å²) >= 11 is 0. The molecule has 2 heterocycles. The first kappa shape index (κ1) is 16.6. The van der Waals surface area contributed by atoms with E-state index in [4.69, 9.17) is 4.74 Å². The third-order valence-corrected chi connectivity index (χ3v) is 4.73. The van der Waals surface area contributed by atoms with Crippen LogP contribution in [-0.4, -0.2) is 43.3 Å². The maximum absolute atomic E-state index is 12.6. The third-order valence-electron chi connectivity index (χ3n) is 4.73. The molecule has 0 aliphatic carbocycles. The lowest BCUT2D eigenvalue weighted by atomic mass is 10.1. The van der Waals surface area contributed by atoms with Gasteiger partial charge in [0.1, 0.15) is 6.61 Å². The summed E-state index contributed by atoms with van der Waals surface area (Å²) in [7, 11) is 0. The fraction of sp³-hybridized carbons (Fsp3) is 0.556. The predicted octanol–water partition coefficient (Wildman–Crippen LogP) is 3.61. The summed E-state index contributed by atoms with van der Waals surface area (Å²) < 4.78 is 4.98. The quantitative estimate of drug-likeness (QED) is 0.900. The van der Waals surface area contributed by atoms with Gasteiger partial charge in [-0.2, -0.15) is 0 Å². The van der Waals surface area contributed by atoms with E-state index in [1.165, 1.54) is 12.8 Å². The molecule has 2 aliphatic heterocycles. The number of urea groups is 1. The first-order valence-corrected chi connectivity index (χ1v) is 8.65. The normalized spacial score (nSPS) is 21.4. The molecule has 130 valence electrons. The number of carbonyl (C=O) groups excluding carboxylic acids is 2. The van der Waals surface area contributed by atoms with Gasteiger partial charge >= 0.3 is 12.1 Å². The Kier molecular flexibility index (Phi) is 4.92. The van der Waals surface area contributed by atoms with Gasteiger partial charge in [0.05, 0.1) is 6.54 Å². The molecule has 0 aromatic heterocycles. The standard InChI is InChI=1S/C18H25N3O3/c1-13-5-3-4-8-20(12-13)17(22)19-16-11-15(7-6-14(16)2)21-9-10-24-18(21)23/h6-7,11,13H,3-5,8-10,12H2,1-2H3,(H,19,22). The number of nitrogens with zero attached hydrogens (tertiary/aromatic N) is 2. The molecule has 2 fully saturated rings. The lowest BCUT2D eigenvalue weighted by Gasteiger charge is -2.24. The Morgan fingerprint density at radius 3 is 2.88 bits per heavy atom. The summed E-state index contributed by atoms with van der Waals surface area (Å²) in [4.78, 5) is 27.8. The zero-order chi connectivity index (χ0) is 17.1. The summed E-state index contributed by atoms with van der Waals surface area (Å²) in [5.41, 5.74) is 2.47. The number of amides is 3. The molecule has 2 saturated heterocycles. The van der Waals surface area contributed by atoms with Crippen molar-refractivity contribution in [3.05, 3.63) is 23.8 Å². The molecule has 1 unspecified atom stereocenters. The Morgan fingerprint density at radius 1 is 1.29 bits per heavy atom. The van der Waals surface area contributed by atoms with Crippen LogP contribution in [0.2, 0.25) is 0 Å². The van der Waals surface area contributed by atoms with E-state index in [2.05, 4.69) is 12.2 Å². The van der Waals surface area contributed by atoms with Gasteiger partial charge in [-0.15, -0.1) is 0 Å². The van der Waals surface area contributed by atoms with Gasteiger partial charge in [-0.1, -0.05) is 19.4 Å². The van der Waals surface area contributed by atoms with E-state index in [1.807, 2.05) is 30.0 Å². The van der Waals surface area contributed by atoms with Gasteiger partial charge < -0.3 is 15.0 Å². The zero-order valence-corrected chi connectivity index (χ0v) is 14.4. The predicted molar refractivity (Wildman–Crippen MR) is 93.5 cm³/mol. The molecule has 3 amide bonds. The van der Waals surface area contributed by atoms with Crippen molar-refractivity contribution in [2.75, 3.05) is 36.5 Å². The number of ether oxygens (including phenoxy) is 1. The van der Waals surface area contributed by atoms with Crippen LogP contribution < -0.4 is 10.2 Å². The van der Waals surface area contributed by atoms with Crippen LogP contribution >= 0.6 is 0 Å². The van der Waals surface area contributed by atoms with E-state index < -0.39 is 0 Å². The molecular weight excluding hydrogens is 306 g/mol. The molecule has 1 aromatic rings. The van der Waals surface area contributed by atoms with E-state index in [1.54, 1.807) is 4.90 Å². The van der Waals surface area contributed by atoms with E-state index in [0.29, 0.717) is 19.1 Å². The molecule has 6 nitrogen and oxygen atoms in total. The van der Waals surface area contributed by atoms with Gasteiger partial charge in [-0.05, 0) is 43.4 Å². The van der Waals surface area contributed by atoms with E-state index >= 15 is 0 Å². The number of rotatable bonds is 2.